The zero-order chi connectivity index (χ0) is 14.1. The maximum Gasteiger partial charge on any atom is 0.221 e. The summed E-state index contributed by atoms with van der Waals surface area (Å²) in [5.41, 5.74) is 8.47. The predicted octanol–water partition coefficient (Wildman–Crippen LogP) is 4.15. The molecule has 0 spiro atoms. The van der Waals surface area contributed by atoms with E-state index in [0.29, 0.717) is 16.6 Å². The lowest BCUT2D eigenvalue weighted by Crippen LogP contribution is -1.95. The van der Waals surface area contributed by atoms with E-state index < -0.39 is 0 Å². The number of fused-ring (bicyclic) bond motifs is 1. The molecule has 0 amide bonds. The summed E-state index contributed by atoms with van der Waals surface area (Å²) in [4.78, 5) is 4.54. The van der Waals surface area contributed by atoms with Crippen LogP contribution in [-0.2, 0) is 0 Å². The van der Waals surface area contributed by atoms with Crippen LogP contribution in [0.5, 0.6) is 5.88 Å². The quantitative estimate of drug-likeness (QED) is 0.719. The number of halogens is 1. The van der Waals surface area contributed by atoms with Crippen molar-refractivity contribution in [2.45, 2.75) is 0 Å². The van der Waals surface area contributed by atoms with E-state index >= 15 is 0 Å². The highest BCUT2D eigenvalue weighted by Crippen LogP contribution is 2.32. The average Bonchev–Trinajstić information content (AvgIpc) is 2.47. The lowest BCUT2D eigenvalue weighted by molar-refractivity contribution is 0.404. The predicted molar refractivity (Wildman–Crippen MR) is 83.2 cm³/mol. The molecular weight excluding hydrogens is 272 g/mol. The number of hydrogen-bond acceptors (Lipinski definition) is 3. The van der Waals surface area contributed by atoms with E-state index in [4.69, 9.17) is 22.1 Å². The summed E-state index contributed by atoms with van der Waals surface area (Å²) >= 11 is 6.03. The number of ether oxygens (including phenoxy) is 1. The number of pyridine rings is 1. The van der Waals surface area contributed by atoms with Gasteiger partial charge in [-0.15, -0.1) is 0 Å². The molecule has 1 aromatic heterocycles. The molecule has 0 fully saturated rings. The maximum atomic E-state index is 6.05. The van der Waals surface area contributed by atoms with Gasteiger partial charge in [0.25, 0.3) is 0 Å². The highest BCUT2D eigenvalue weighted by atomic mass is 35.5. The number of anilines is 1. The van der Waals surface area contributed by atoms with Crippen molar-refractivity contribution in [1.29, 1.82) is 0 Å². The van der Waals surface area contributed by atoms with Crippen molar-refractivity contribution in [3.05, 3.63) is 53.6 Å². The van der Waals surface area contributed by atoms with Gasteiger partial charge in [-0.05, 0) is 30.3 Å². The van der Waals surface area contributed by atoms with Crippen LogP contribution in [0.15, 0.2) is 48.5 Å². The molecule has 0 aliphatic rings. The van der Waals surface area contributed by atoms with E-state index in [9.17, 15) is 0 Å². The molecule has 2 N–H and O–H groups in total. The number of methoxy groups -OCH3 is 1. The second-order valence-electron chi connectivity index (χ2n) is 4.47. The molecule has 3 rings (SSSR count). The summed E-state index contributed by atoms with van der Waals surface area (Å²) in [6.07, 6.45) is 0. The standard InChI is InChI=1S/C16H13ClN2O/c1-20-16-12-6-3-7-14(18)13(12)9-15(19-16)10-4-2-5-11(17)8-10/h2-9H,18H2,1H3. The minimum absolute atomic E-state index is 0.560. The van der Waals surface area contributed by atoms with E-state index in [2.05, 4.69) is 4.98 Å². The number of nitrogens with two attached hydrogens (primary N) is 1. The first kappa shape index (κ1) is 12.8. The van der Waals surface area contributed by atoms with Gasteiger partial charge in [0.05, 0.1) is 12.8 Å². The fourth-order valence-corrected chi connectivity index (χ4v) is 2.41. The Hall–Kier alpha value is -2.26. The van der Waals surface area contributed by atoms with Crippen LogP contribution < -0.4 is 10.5 Å². The largest absolute Gasteiger partial charge is 0.481 e. The van der Waals surface area contributed by atoms with Crippen molar-refractivity contribution in [1.82, 2.24) is 4.98 Å². The monoisotopic (exact) mass is 284 g/mol. The topological polar surface area (TPSA) is 48.1 Å². The van der Waals surface area contributed by atoms with Gasteiger partial charge in [-0.25, -0.2) is 4.98 Å². The first-order valence-electron chi connectivity index (χ1n) is 6.18. The number of rotatable bonds is 2. The molecule has 4 heteroatoms. The third kappa shape index (κ3) is 2.17. The van der Waals surface area contributed by atoms with Crippen molar-refractivity contribution in [2.75, 3.05) is 12.8 Å². The number of nitrogens with zero attached hydrogens (tertiary/aromatic N) is 1. The molecule has 0 aliphatic carbocycles. The second-order valence-corrected chi connectivity index (χ2v) is 4.91. The summed E-state index contributed by atoms with van der Waals surface area (Å²) in [5.74, 6) is 0.560. The minimum Gasteiger partial charge on any atom is -0.481 e. The lowest BCUT2D eigenvalue weighted by atomic mass is 10.1. The van der Waals surface area contributed by atoms with E-state index in [1.54, 1.807) is 7.11 Å². The van der Waals surface area contributed by atoms with Crippen molar-refractivity contribution in [2.24, 2.45) is 0 Å². The fourth-order valence-electron chi connectivity index (χ4n) is 2.22. The summed E-state index contributed by atoms with van der Waals surface area (Å²) in [7, 11) is 1.60. The Labute approximate surface area is 122 Å². The lowest BCUT2D eigenvalue weighted by Gasteiger charge is -2.10. The molecule has 3 nitrogen and oxygen atoms in total. The number of benzene rings is 2. The molecular formula is C16H13ClN2O. The van der Waals surface area contributed by atoms with Crippen LogP contribution in [0.2, 0.25) is 5.02 Å². The maximum absolute atomic E-state index is 6.05. The third-order valence-electron chi connectivity index (χ3n) is 3.19. The Morgan fingerprint density at radius 2 is 1.85 bits per heavy atom. The molecule has 0 radical (unpaired) electrons. The van der Waals surface area contributed by atoms with Crippen LogP contribution in [-0.4, -0.2) is 12.1 Å². The molecule has 0 saturated carbocycles. The zero-order valence-corrected chi connectivity index (χ0v) is 11.7. The Morgan fingerprint density at radius 3 is 2.60 bits per heavy atom. The summed E-state index contributed by atoms with van der Waals surface area (Å²) in [5, 5.41) is 2.50. The molecule has 20 heavy (non-hydrogen) atoms. The molecule has 2 aromatic carbocycles. The highest BCUT2D eigenvalue weighted by molar-refractivity contribution is 6.30. The van der Waals surface area contributed by atoms with Crippen molar-refractivity contribution in [3.8, 4) is 17.1 Å². The smallest absolute Gasteiger partial charge is 0.221 e. The Morgan fingerprint density at radius 1 is 1.05 bits per heavy atom. The van der Waals surface area contributed by atoms with Crippen LogP contribution >= 0.6 is 11.6 Å². The van der Waals surface area contributed by atoms with Gasteiger partial charge in [-0.2, -0.15) is 0 Å². The molecule has 0 bridgehead atoms. The zero-order valence-electron chi connectivity index (χ0n) is 10.9. The van der Waals surface area contributed by atoms with Gasteiger partial charge in [0, 0.05) is 27.0 Å². The summed E-state index contributed by atoms with van der Waals surface area (Å²) < 4.78 is 5.38. The molecule has 3 aromatic rings. The normalized spacial score (nSPS) is 10.7. The van der Waals surface area contributed by atoms with Gasteiger partial charge < -0.3 is 10.5 Å². The molecule has 0 saturated heterocycles. The molecule has 0 unspecified atom stereocenters. The van der Waals surface area contributed by atoms with Crippen LogP contribution in [0.4, 0.5) is 5.69 Å². The van der Waals surface area contributed by atoms with Gasteiger partial charge in [0.15, 0.2) is 0 Å². The van der Waals surface area contributed by atoms with E-state index in [1.165, 1.54) is 0 Å². The fraction of sp³-hybridized carbons (Fsp3) is 0.0625. The van der Waals surface area contributed by atoms with Crippen molar-refractivity contribution in [3.63, 3.8) is 0 Å². The van der Waals surface area contributed by atoms with Crippen LogP contribution in [0, 0.1) is 0 Å². The highest BCUT2D eigenvalue weighted by Gasteiger charge is 2.10. The third-order valence-corrected chi connectivity index (χ3v) is 3.42. The van der Waals surface area contributed by atoms with E-state index in [0.717, 1.165) is 22.0 Å². The minimum atomic E-state index is 0.560. The van der Waals surface area contributed by atoms with Gasteiger partial charge >= 0.3 is 0 Å². The van der Waals surface area contributed by atoms with Crippen molar-refractivity contribution >= 4 is 28.1 Å². The van der Waals surface area contributed by atoms with Crippen LogP contribution in [0.25, 0.3) is 22.0 Å². The summed E-state index contributed by atoms with van der Waals surface area (Å²) in [6.45, 7) is 0. The van der Waals surface area contributed by atoms with Gasteiger partial charge in [0.2, 0.25) is 5.88 Å². The summed E-state index contributed by atoms with van der Waals surface area (Å²) in [6, 6.07) is 15.2. The first-order chi connectivity index (χ1) is 9.69. The Bertz CT molecular complexity index is 787. The van der Waals surface area contributed by atoms with Crippen molar-refractivity contribution < 1.29 is 4.74 Å². The first-order valence-corrected chi connectivity index (χ1v) is 6.56. The van der Waals surface area contributed by atoms with Gasteiger partial charge in [-0.1, -0.05) is 29.8 Å². The SMILES string of the molecule is COc1nc(-c2cccc(Cl)c2)cc2c(N)cccc12. The Kier molecular flexibility index (Phi) is 3.20. The molecule has 0 aliphatic heterocycles. The van der Waals surface area contributed by atoms with Crippen LogP contribution in [0.1, 0.15) is 0 Å². The molecule has 0 atom stereocenters. The second kappa shape index (κ2) is 5.02. The van der Waals surface area contributed by atoms with E-state index in [1.807, 2.05) is 48.5 Å². The van der Waals surface area contributed by atoms with Gasteiger partial charge in [-0.3, -0.25) is 0 Å². The number of nitrogen functional groups attached to an aromatic ring is 1. The van der Waals surface area contributed by atoms with E-state index in [-0.39, 0.29) is 0 Å². The number of aromatic nitrogens is 1. The Balaban J connectivity index is 2.30. The molecule has 1 heterocycles. The van der Waals surface area contributed by atoms with Gasteiger partial charge in [0.1, 0.15) is 0 Å². The average molecular weight is 285 g/mol. The number of hydrogen-bond donors (Lipinski definition) is 1. The van der Waals surface area contributed by atoms with Crippen LogP contribution in [0.3, 0.4) is 0 Å². The molecule has 100 valence electrons.